The number of rotatable bonds is 4. The van der Waals surface area contributed by atoms with Gasteiger partial charge in [0.25, 0.3) is 5.91 Å². The molecule has 2 heterocycles. The van der Waals surface area contributed by atoms with Crippen LogP contribution < -0.4 is 9.64 Å². The first kappa shape index (κ1) is 18.0. The molecule has 1 amide bonds. The number of ether oxygens (including phenoxy) is 1. The molecule has 0 N–H and O–H groups in total. The number of hydrogen-bond acceptors (Lipinski definition) is 6. The molecule has 1 fully saturated rings. The van der Waals surface area contributed by atoms with Crippen molar-refractivity contribution in [2.75, 3.05) is 38.2 Å². The lowest BCUT2D eigenvalue weighted by molar-refractivity contribution is 0.0746. The number of carbonyl (C=O) groups is 1. The molecule has 0 aliphatic carbocycles. The minimum Gasteiger partial charge on any atom is -0.497 e. The molecule has 1 aromatic heterocycles. The number of methoxy groups -OCH3 is 1. The van der Waals surface area contributed by atoms with E-state index in [4.69, 9.17) is 4.74 Å². The van der Waals surface area contributed by atoms with Crippen LogP contribution in [-0.4, -0.2) is 64.3 Å². The first-order valence-electron chi connectivity index (χ1n) is 9.18. The number of hydrogen-bond donors (Lipinski definition) is 0. The quantitative estimate of drug-likeness (QED) is 0.691. The molecule has 2 aromatic carbocycles. The standard InChI is InChI=1S/C20H22N6O2/c1-15-6-7-16(12-19(15)26-14-21-22-23-26)20(27)25-10-8-24(9-11-25)17-4-3-5-18(13-17)28-2/h3-7,12-14H,8-11H2,1-2H3. The highest BCUT2D eigenvalue weighted by Gasteiger charge is 2.23. The fourth-order valence-electron chi connectivity index (χ4n) is 3.42. The summed E-state index contributed by atoms with van der Waals surface area (Å²) >= 11 is 0. The van der Waals surface area contributed by atoms with Gasteiger partial charge in [0.1, 0.15) is 12.1 Å². The highest BCUT2D eigenvalue weighted by molar-refractivity contribution is 5.95. The van der Waals surface area contributed by atoms with Gasteiger partial charge in [0, 0.05) is 43.5 Å². The molecule has 1 aliphatic heterocycles. The summed E-state index contributed by atoms with van der Waals surface area (Å²) in [5.74, 6) is 0.866. The van der Waals surface area contributed by atoms with E-state index in [1.54, 1.807) is 11.8 Å². The van der Waals surface area contributed by atoms with E-state index in [-0.39, 0.29) is 5.91 Å². The summed E-state index contributed by atoms with van der Waals surface area (Å²) in [7, 11) is 1.67. The molecule has 0 atom stereocenters. The third-order valence-electron chi connectivity index (χ3n) is 5.04. The normalized spacial score (nSPS) is 14.2. The first-order chi connectivity index (χ1) is 13.7. The second-order valence-corrected chi connectivity index (χ2v) is 6.74. The number of benzene rings is 2. The van der Waals surface area contributed by atoms with E-state index in [1.165, 1.54) is 6.33 Å². The molecule has 1 aliphatic rings. The minimum atomic E-state index is 0.0274. The molecule has 1 saturated heterocycles. The van der Waals surface area contributed by atoms with Gasteiger partial charge in [0.15, 0.2) is 0 Å². The number of carbonyl (C=O) groups excluding carboxylic acids is 1. The Morgan fingerprint density at radius 3 is 2.61 bits per heavy atom. The van der Waals surface area contributed by atoms with Crippen molar-refractivity contribution < 1.29 is 9.53 Å². The van der Waals surface area contributed by atoms with E-state index in [0.717, 1.165) is 35.8 Å². The maximum Gasteiger partial charge on any atom is 0.254 e. The summed E-state index contributed by atoms with van der Waals surface area (Å²) in [6, 6.07) is 13.6. The van der Waals surface area contributed by atoms with Crippen molar-refractivity contribution in [2.24, 2.45) is 0 Å². The van der Waals surface area contributed by atoms with Gasteiger partial charge in [-0.05, 0) is 47.2 Å². The molecular weight excluding hydrogens is 356 g/mol. The Morgan fingerprint density at radius 2 is 1.89 bits per heavy atom. The van der Waals surface area contributed by atoms with Gasteiger partial charge in [-0.3, -0.25) is 4.79 Å². The maximum atomic E-state index is 13.0. The van der Waals surface area contributed by atoms with Gasteiger partial charge in [-0.1, -0.05) is 12.1 Å². The molecular formula is C20H22N6O2. The van der Waals surface area contributed by atoms with E-state index < -0.39 is 0 Å². The van der Waals surface area contributed by atoms with Crippen molar-refractivity contribution in [1.29, 1.82) is 0 Å². The van der Waals surface area contributed by atoms with Gasteiger partial charge in [-0.25, -0.2) is 4.68 Å². The Morgan fingerprint density at radius 1 is 1.07 bits per heavy atom. The van der Waals surface area contributed by atoms with Crippen molar-refractivity contribution in [2.45, 2.75) is 6.92 Å². The molecule has 0 bridgehead atoms. The van der Waals surface area contributed by atoms with E-state index in [1.807, 2.05) is 48.2 Å². The van der Waals surface area contributed by atoms with Gasteiger partial charge < -0.3 is 14.5 Å². The van der Waals surface area contributed by atoms with Crippen LogP contribution in [0.3, 0.4) is 0 Å². The SMILES string of the molecule is COc1cccc(N2CCN(C(=O)c3ccc(C)c(-n4cnnn4)c3)CC2)c1. The van der Waals surface area contributed by atoms with Crippen LogP contribution in [0, 0.1) is 6.92 Å². The second kappa shape index (κ2) is 7.67. The zero-order valence-electron chi connectivity index (χ0n) is 15.9. The van der Waals surface area contributed by atoms with Gasteiger partial charge in [0.05, 0.1) is 12.8 Å². The van der Waals surface area contributed by atoms with Gasteiger partial charge in [-0.15, -0.1) is 5.10 Å². The summed E-state index contributed by atoms with van der Waals surface area (Å²) in [5.41, 5.74) is 3.58. The Balaban J connectivity index is 1.46. The van der Waals surface area contributed by atoms with Crippen LogP contribution in [0.5, 0.6) is 5.75 Å². The van der Waals surface area contributed by atoms with E-state index >= 15 is 0 Å². The zero-order chi connectivity index (χ0) is 19.5. The van der Waals surface area contributed by atoms with Crippen molar-refractivity contribution in [1.82, 2.24) is 25.1 Å². The summed E-state index contributed by atoms with van der Waals surface area (Å²) < 4.78 is 6.88. The van der Waals surface area contributed by atoms with Crippen LogP contribution in [-0.2, 0) is 0 Å². The lowest BCUT2D eigenvalue weighted by Crippen LogP contribution is -2.48. The van der Waals surface area contributed by atoms with Gasteiger partial charge in [0.2, 0.25) is 0 Å². The third-order valence-corrected chi connectivity index (χ3v) is 5.04. The van der Waals surface area contributed by atoms with Crippen LogP contribution in [0.1, 0.15) is 15.9 Å². The van der Waals surface area contributed by atoms with Gasteiger partial charge in [-0.2, -0.15) is 0 Å². The molecule has 0 spiro atoms. The number of piperazine rings is 1. The lowest BCUT2D eigenvalue weighted by Gasteiger charge is -2.36. The first-order valence-corrected chi connectivity index (χ1v) is 9.18. The fraction of sp³-hybridized carbons (Fsp3) is 0.300. The highest BCUT2D eigenvalue weighted by Crippen LogP contribution is 2.23. The summed E-state index contributed by atoms with van der Waals surface area (Å²) in [5, 5.41) is 11.3. The summed E-state index contributed by atoms with van der Waals surface area (Å²) in [6.45, 7) is 4.88. The predicted molar refractivity (Wildman–Crippen MR) is 105 cm³/mol. The maximum absolute atomic E-state index is 13.0. The fourth-order valence-corrected chi connectivity index (χ4v) is 3.42. The zero-order valence-corrected chi connectivity index (χ0v) is 15.9. The van der Waals surface area contributed by atoms with E-state index in [0.29, 0.717) is 18.7 Å². The molecule has 4 rings (SSSR count). The Kier molecular flexibility index (Phi) is 4.92. The van der Waals surface area contributed by atoms with E-state index in [9.17, 15) is 4.79 Å². The molecule has 8 nitrogen and oxygen atoms in total. The number of anilines is 1. The Hall–Kier alpha value is -3.42. The van der Waals surface area contributed by atoms with Gasteiger partial charge >= 0.3 is 0 Å². The molecule has 28 heavy (non-hydrogen) atoms. The van der Waals surface area contributed by atoms with E-state index in [2.05, 4.69) is 26.5 Å². The van der Waals surface area contributed by atoms with Crippen LogP contribution in [0.4, 0.5) is 5.69 Å². The molecule has 0 unspecified atom stereocenters. The molecule has 3 aromatic rings. The summed E-state index contributed by atoms with van der Waals surface area (Å²) in [4.78, 5) is 17.2. The monoisotopic (exact) mass is 378 g/mol. The minimum absolute atomic E-state index is 0.0274. The number of amides is 1. The number of aryl methyl sites for hydroxylation is 1. The Labute approximate surface area is 163 Å². The average Bonchev–Trinajstić information content (AvgIpc) is 3.28. The predicted octanol–water partition coefficient (Wildman–Crippen LogP) is 1.94. The van der Waals surface area contributed by atoms with Crippen LogP contribution in [0.15, 0.2) is 48.8 Å². The smallest absolute Gasteiger partial charge is 0.254 e. The Bertz CT molecular complexity index is 965. The molecule has 8 heteroatoms. The molecule has 0 radical (unpaired) electrons. The van der Waals surface area contributed by atoms with Crippen LogP contribution >= 0.6 is 0 Å². The number of nitrogens with zero attached hydrogens (tertiary/aromatic N) is 6. The van der Waals surface area contributed by atoms with Crippen LogP contribution in [0.25, 0.3) is 5.69 Å². The third kappa shape index (κ3) is 3.53. The van der Waals surface area contributed by atoms with Crippen molar-refractivity contribution in [3.05, 3.63) is 59.9 Å². The topological polar surface area (TPSA) is 76.4 Å². The lowest BCUT2D eigenvalue weighted by atomic mass is 10.1. The number of tetrazole rings is 1. The van der Waals surface area contributed by atoms with Crippen molar-refractivity contribution in [3.8, 4) is 11.4 Å². The van der Waals surface area contributed by atoms with Crippen LogP contribution in [0.2, 0.25) is 0 Å². The van der Waals surface area contributed by atoms with Crippen molar-refractivity contribution in [3.63, 3.8) is 0 Å². The summed E-state index contributed by atoms with van der Waals surface area (Å²) in [6.07, 6.45) is 1.53. The highest BCUT2D eigenvalue weighted by atomic mass is 16.5. The average molecular weight is 378 g/mol. The molecule has 0 saturated carbocycles. The largest absolute Gasteiger partial charge is 0.497 e. The number of aromatic nitrogens is 4. The molecule has 144 valence electrons. The second-order valence-electron chi connectivity index (χ2n) is 6.74. The van der Waals surface area contributed by atoms with Crippen molar-refractivity contribution >= 4 is 11.6 Å².